The van der Waals surface area contributed by atoms with Gasteiger partial charge in [0.05, 0.1) is 7.11 Å². The average molecular weight is 334 g/mol. The molecule has 20 heavy (non-hydrogen) atoms. The van der Waals surface area contributed by atoms with Crippen LogP contribution >= 0.6 is 15.9 Å². The van der Waals surface area contributed by atoms with Crippen LogP contribution in [-0.2, 0) is 0 Å². The molecule has 0 bridgehead atoms. The zero-order valence-corrected chi connectivity index (χ0v) is 13.6. The zero-order chi connectivity index (χ0) is 14.5. The van der Waals surface area contributed by atoms with Gasteiger partial charge in [-0.3, -0.25) is 0 Å². The van der Waals surface area contributed by atoms with Crippen molar-refractivity contribution in [1.82, 2.24) is 5.32 Å². The normalized spacial score (nSPS) is 13.8. The molecule has 0 aliphatic carbocycles. The highest BCUT2D eigenvalue weighted by molar-refractivity contribution is 9.10. The second-order valence-electron chi connectivity index (χ2n) is 4.87. The van der Waals surface area contributed by atoms with Gasteiger partial charge < -0.3 is 10.1 Å². The monoisotopic (exact) mass is 333 g/mol. The Morgan fingerprint density at radius 2 is 1.45 bits per heavy atom. The topological polar surface area (TPSA) is 21.3 Å². The molecule has 1 unspecified atom stereocenters. The number of halogens is 1. The molecule has 0 fully saturated rings. The van der Waals surface area contributed by atoms with Crippen LogP contribution in [0.2, 0.25) is 0 Å². The highest BCUT2D eigenvalue weighted by Crippen LogP contribution is 2.29. The van der Waals surface area contributed by atoms with E-state index in [9.17, 15) is 0 Å². The zero-order valence-electron chi connectivity index (χ0n) is 12.1. The van der Waals surface area contributed by atoms with E-state index in [0.29, 0.717) is 0 Å². The third kappa shape index (κ3) is 3.41. The van der Waals surface area contributed by atoms with E-state index in [1.807, 2.05) is 24.3 Å². The van der Waals surface area contributed by atoms with E-state index in [1.54, 1.807) is 7.11 Å². The summed E-state index contributed by atoms with van der Waals surface area (Å²) in [6, 6.07) is 16.9. The molecule has 2 nitrogen and oxygen atoms in total. The summed E-state index contributed by atoms with van der Waals surface area (Å²) in [7, 11) is 1.71. The molecule has 3 heteroatoms. The van der Waals surface area contributed by atoms with Gasteiger partial charge in [0.2, 0.25) is 0 Å². The summed E-state index contributed by atoms with van der Waals surface area (Å²) in [6.07, 6.45) is 0. The van der Waals surface area contributed by atoms with Crippen molar-refractivity contribution in [2.24, 2.45) is 0 Å². The molecule has 0 aliphatic heterocycles. The SMILES string of the molecule is COc1ccccc1[C@H](C)NC(C)c1ccccc1Br. The van der Waals surface area contributed by atoms with Crippen LogP contribution in [0.1, 0.15) is 37.1 Å². The number of ether oxygens (including phenoxy) is 1. The maximum absolute atomic E-state index is 5.43. The van der Waals surface area contributed by atoms with E-state index in [0.717, 1.165) is 10.2 Å². The fourth-order valence-corrected chi connectivity index (χ4v) is 3.03. The van der Waals surface area contributed by atoms with Gasteiger partial charge in [-0.15, -0.1) is 0 Å². The van der Waals surface area contributed by atoms with Crippen LogP contribution in [-0.4, -0.2) is 7.11 Å². The summed E-state index contributed by atoms with van der Waals surface area (Å²) >= 11 is 3.61. The smallest absolute Gasteiger partial charge is 0.123 e. The molecule has 0 aromatic heterocycles. The second kappa shape index (κ2) is 6.91. The first-order chi connectivity index (χ1) is 9.63. The molecule has 0 radical (unpaired) electrons. The number of rotatable bonds is 5. The van der Waals surface area contributed by atoms with Crippen LogP contribution in [0.3, 0.4) is 0 Å². The number of hydrogen-bond acceptors (Lipinski definition) is 2. The Labute approximate surface area is 129 Å². The van der Waals surface area contributed by atoms with Crippen molar-refractivity contribution in [3.63, 3.8) is 0 Å². The Kier molecular flexibility index (Phi) is 5.21. The van der Waals surface area contributed by atoms with E-state index in [2.05, 4.69) is 59.4 Å². The largest absolute Gasteiger partial charge is 0.496 e. The van der Waals surface area contributed by atoms with Gasteiger partial charge in [0.1, 0.15) is 5.75 Å². The Hall–Kier alpha value is -1.32. The summed E-state index contributed by atoms with van der Waals surface area (Å²) in [6.45, 7) is 4.33. The lowest BCUT2D eigenvalue weighted by atomic mass is 10.0. The molecule has 0 saturated heterocycles. The van der Waals surface area contributed by atoms with E-state index < -0.39 is 0 Å². The fourth-order valence-electron chi connectivity index (χ4n) is 2.40. The molecular formula is C17H20BrNO. The molecule has 2 aromatic carbocycles. The van der Waals surface area contributed by atoms with Crippen LogP contribution in [0, 0.1) is 0 Å². The Morgan fingerprint density at radius 1 is 0.900 bits per heavy atom. The standard InChI is InChI=1S/C17H20BrNO/c1-12(14-8-4-6-10-16(14)18)19-13(2)15-9-5-7-11-17(15)20-3/h4-13,19H,1-3H3/t12?,13-/m0/s1. The van der Waals surface area contributed by atoms with Crippen molar-refractivity contribution in [3.8, 4) is 5.75 Å². The van der Waals surface area contributed by atoms with E-state index in [-0.39, 0.29) is 12.1 Å². The van der Waals surface area contributed by atoms with Crippen molar-refractivity contribution in [2.45, 2.75) is 25.9 Å². The molecule has 2 aromatic rings. The van der Waals surface area contributed by atoms with Crippen LogP contribution in [0.15, 0.2) is 53.0 Å². The number of methoxy groups -OCH3 is 1. The first-order valence-corrected chi connectivity index (χ1v) is 7.56. The average Bonchev–Trinajstić information content (AvgIpc) is 2.47. The maximum Gasteiger partial charge on any atom is 0.123 e. The summed E-state index contributed by atoms with van der Waals surface area (Å²) < 4.78 is 6.56. The van der Waals surface area contributed by atoms with Crippen LogP contribution in [0.25, 0.3) is 0 Å². The van der Waals surface area contributed by atoms with Crippen molar-refractivity contribution >= 4 is 15.9 Å². The van der Waals surface area contributed by atoms with Crippen molar-refractivity contribution in [1.29, 1.82) is 0 Å². The number of para-hydroxylation sites is 1. The quantitative estimate of drug-likeness (QED) is 0.842. The maximum atomic E-state index is 5.43. The fraction of sp³-hybridized carbons (Fsp3) is 0.294. The minimum Gasteiger partial charge on any atom is -0.496 e. The van der Waals surface area contributed by atoms with E-state index in [1.165, 1.54) is 11.1 Å². The van der Waals surface area contributed by atoms with Crippen LogP contribution in [0.5, 0.6) is 5.75 Å². The molecule has 1 N–H and O–H groups in total. The highest BCUT2D eigenvalue weighted by Gasteiger charge is 2.15. The predicted molar refractivity (Wildman–Crippen MR) is 87.1 cm³/mol. The van der Waals surface area contributed by atoms with Gasteiger partial charge in [0.15, 0.2) is 0 Å². The minimum atomic E-state index is 0.216. The molecule has 2 rings (SSSR count). The summed E-state index contributed by atoms with van der Waals surface area (Å²) in [5.41, 5.74) is 2.43. The minimum absolute atomic E-state index is 0.216. The predicted octanol–water partition coefficient (Wildman–Crippen LogP) is 4.87. The molecule has 0 aliphatic rings. The first-order valence-electron chi connectivity index (χ1n) is 6.77. The highest BCUT2D eigenvalue weighted by atomic mass is 79.9. The van der Waals surface area contributed by atoms with Crippen molar-refractivity contribution < 1.29 is 4.74 Å². The third-order valence-corrected chi connectivity index (χ3v) is 4.20. The van der Waals surface area contributed by atoms with Gasteiger partial charge in [-0.25, -0.2) is 0 Å². The van der Waals surface area contributed by atoms with Gasteiger partial charge in [-0.2, -0.15) is 0 Å². The summed E-state index contributed by atoms with van der Waals surface area (Å²) in [4.78, 5) is 0. The van der Waals surface area contributed by atoms with Gasteiger partial charge in [0, 0.05) is 22.1 Å². The summed E-state index contributed by atoms with van der Waals surface area (Å²) in [5.74, 6) is 0.923. The Morgan fingerprint density at radius 3 is 2.10 bits per heavy atom. The third-order valence-electron chi connectivity index (χ3n) is 3.48. The van der Waals surface area contributed by atoms with Crippen LogP contribution in [0.4, 0.5) is 0 Å². The van der Waals surface area contributed by atoms with Crippen molar-refractivity contribution in [3.05, 3.63) is 64.1 Å². The Bertz CT molecular complexity index is 570. The van der Waals surface area contributed by atoms with Gasteiger partial charge >= 0.3 is 0 Å². The van der Waals surface area contributed by atoms with E-state index in [4.69, 9.17) is 4.74 Å². The molecule has 2 atom stereocenters. The molecule has 0 saturated carbocycles. The first kappa shape index (κ1) is 15.1. The number of benzene rings is 2. The summed E-state index contributed by atoms with van der Waals surface area (Å²) in [5, 5.41) is 3.62. The van der Waals surface area contributed by atoms with Gasteiger partial charge in [-0.1, -0.05) is 52.3 Å². The van der Waals surface area contributed by atoms with Crippen LogP contribution < -0.4 is 10.1 Å². The lowest BCUT2D eigenvalue weighted by Crippen LogP contribution is -2.23. The molecule has 0 heterocycles. The number of hydrogen-bond donors (Lipinski definition) is 1. The molecular weight excluding hydrogens is 314 g/mol. The lowest BCUT2D eigenvalue weighted by molar-refractivity contribution is 0.396. The van der Waals surface area contributed by atoms with E-state index >= 15 is 0 Å². The molecule has 0 amide bonds. The van der Waals surface area contributed by atoms with Gasteiger partial charge in [0.25, 0.3) is 0 Å². The number of nitrogens with one attached hydrogen (secondary N) is 1. The van der Waals surface area contributed by atoms with Gasteiger partial charge in [-0.05, 0) is 31.5 Å². The molecule has 106 valence electrons. The lowest BCUT2D eigenvalue weighted by Gasteiger charge is -2.23. The Balaban J connectivity index is 2.15. The molecule has 0 spiro atoms. The van der Waals surface area contributed by atoms with Crippen molar-refractivity contribution in [2.75, 3.05) is 7.11 Å². The second-order valence-corrected chi connectivity index (χ2v) is 5.73.